The second-order valence-electron chi connectivity index (χ2n) is 5.50. The molecule has 6 nitrogen and oxygen atoms in total. The van der Waals surface area contributed by atoms with Gasteiger partial charge in [0.15, 0.2) is 0 Å². The van der Waals surface area contributed by atoms with Gasteiger partial charge in [-0.15, -0.1) is 0 Å². The first-order valence-electron chi connectivity index (χ1n) is 7.04. The van der Waals surface area contributed by atoms with Crippen LogP contribution in [0.4, 0.5) is 0 Å². The number of aliphatic carboxylic acids is 1. The zero-order valence-electron chi connectivity index (χ0n) is 13.3. The van der Waals surface area contributed by atoms with Crippen molar-refractivity contribution < 1.29 is 19.5 Å². The molecule has 0 aliphatic rings. The molecule has 1 rings (SSSR count). The van der Waals surface area contributed by atoms with Gasteiger partial charge in [-0.3, -0.25) is 14.4 Å². The Bertz CT molecular complexity index is 584. The minimum Gasteiger partial charge on any atom is -0.481 e. The van der Waals surface area contributed by atoms with E-state index in [2.05, 4.69) is 5.32 Å². The summed E-state index contributed by atoms with van der Waals surface area (Å²) in [6.45, 7) is 5.35. The van der Waals surface area contributed by atoms with E-state index in [1.165, 1.54) is 18.9 Å². The summed E-state index contributed by atoms with van der Waals surface area (Å²) in [7, 11) is 1.52. The summed E-state index contributed by atoms with van der Waals surface area (Å²) in [4.78, 5) is 35.9. The van der Waals surface area contributed by atoms with E-state index in [-0.39, 0.29) is 24.9 Å². The number of likely N-dealkylation sites (N-methyl/N-ethyl adjacent to an activating group) is 1. The summed E-state index contributed by atoms with van der Waals surface area (Å²) in [6, 6.07) is 5.33. The van der Waals surface area contributed by atoms with E-state index in [9.17, 15) is 14.4 Å². The van der Waals surface area contributed by atoms with Gasteiger partial charge in [0.2, 0.25) is 5.91 Å². The van der Waals surface area contributed by atoms with Crippen LogP contribution in [-0.2, 0) is 9.59 Å². The van der Waals surface area contributed by atoms with Gasteiger partial charge in [0.1, 0.15) is 0 Å². The van der Waals surface area contributed by atoms with E-state index in [0.717, 1.165) is 11.1 Å². The number of hydrogen-bond acceptors (Lipinski definition) is 3. The van der Waals surface area contributed by atoms with Crippen LogP contribution >= 0.6 is 0 Å². The Morgan fingerprint density at radius 3 is 2.41 bits per heavy atom. The van der Waals surface area contributed by atoms with Crippen LogP contribution in [0.2, 0.25) is 0 Å². The first kappa shape index (κ1) is 17.7. The molecule has 0 heterocycles. The molecule has 0 saturated heterocycles. The van der Waals surface area contributed by atoms with Crippen molar-refractivity contribution in [2.75, 3.05) is 20.1 Å². The average molecular weight is 306 g/mol. The molecule has 1 atom stereocenters. The number of carbonyl (C=O) groups is 3. The van der Waals surface area contributed by atoms with Crippen molar-refractivity contribution >= 4 is 17.8 Å². The van der Waals surface area contributed by atoms with Crippen molar-refractivity contribution in [3.05, 3.63) is 34.9 Å². The fourth-order valence-electron chi connectivity index (χ4n) is 1.87. The first-order valence-corrected chi connectivity index (χ1v) is 7.04. The standard InChI is InChI=1S/C16H22N2O4/c1-10-5-6-13(7-11(10)2)15(20)17-8-14(19)18(4)9-12(3)16(21)22/h5-7,12H,8-9H2,1-4H3,(H,17,20)(H,21,22). The van der Waals surface area contributed by atoms with Gasteiger partial charge in [0, 0.05) is 19.2 Å². The maximum absolute atomic E-state index is 12.0. The molecule has 2 N–H and O–H groups in total. The lowest BCUT2D eigenvalue weighted by atomic mass is 10.1. The largest absolute Gasteiger partial charge is 0.481 e. The van der Waals surface area contributed by atoms with Gasteiger partial charge < -0.3 is 15.3 Å². The second-order valence-corrected chi connectivity index (χ2v) is 5.50. The molecule has 0 fully saturated rings. The number of carboxylic acids is 1. The molecule has 0 aliphatic heterocycles. The predicted octanol–water partition coefficient (Wildman–Crippen LogP) is 1.21. The van der Waals surface area contributed by atoms with Crippen molar-refractivity contribution in [3.63, 3.8) is 0 Å². The normalized spacial score (nSPS) is 11.6. The summed E-state index contributed by atoms with van der Waals surface area (Å²) in [5, 5.41) is 11.4. The molecular weight excluding hydrogens is 284 g/mol. The van der Waals surface area contributed by atoms with Gasteiger partial charge in [0.05, 0.1) is 12.5 Å². The number of nitrogens with zero attached hydrogens (tertiary/aromatic N) is 1. The SMILES string of the molecule is Cc1ccc(C(=O)NCC(=O)N(C)CC(C)C(=O)O)cc1C. The molecule has 0 radical (unpaired) electrons. The first-order chi connectivity index (χ1) is 10.2. The molecule has 6 heteroatoms. The molecule has 0 spiro atoms. The highest BCUT2D eigenvalue weighted by molar-refractivity contribution is 5.96. The minimum atomic E-state index is -0.959. The van der Waals surface area contributed by atoms with E-state index >= 15 is 0 Å². The van der Waals surface area contributed by atoms with Crippen molar-refractivity contribution in [2.24, 2.45) is 5.92 Å². The summed E-state index contributed by atoms with van der Waals surface area (Å²) >= 11 is 0. The number of nitrogens with one attached hydrogen (secondary N) is 1. The van der Waals surface area contributed by atoms with E-state index < -0.39 is 11.9 Å². The lowest BCUT2D eigenvalue weighted by molar-refractivity contribution is -0.142. The Balaban J connectivity index is 2.54. The Hall–Kier alpha value is -2.37. The zero-order chi connectivity index (χ0) is 16.9. The van der Waals surface area contributed by atoms with Gasteiger partial charge in [-0.05, 0) is 37.1 Å². The second kappa shape index (κ2) is 7.59. The number of benzene rings is 1. The quantitative estimate of drug-likeness (QED) is 0.827. The van der Waals surface area contributed by atoms with Gasteiger partial charge in [0.25, 0.3) is 5.91 Å². The molecule has 120 valence electrons. The summed E-state index contributed by atoms with van der Waals surface area (Å²) in [5.74, 6) is -2.26. The minimum absolute atomic E-state index is 0.105. The van der Waals surface area contributed by atoms with Crippen molar-refractivity contribution in [2.45, 2.75) is 20.8 Å². The number of rotatable bonds is 6. The Kier molecular flexibility index (Phi) is 6.10. The monoisotopic (exact) mass is 306 g/mol. The van der Waals surface area contributed by atoms with Gasteiger partial charge in [-0.2, -0.15) is 0 Å². The fourth-order valence-corrected chi connectivity index (χ4v) is 1.87. The third kappa shape index (κ3) is 4.87. The fraction of sp³-hybridized carbons (Fsp3) is 0.438. The summed E-state index contributed by atoms with van der Waals surface area (Å²) in [6.07, 6.45) is 0. The third-order valence-corrected chi connectivity index (χ3v) is 3.56. The number of carbonyl (C=O) groups excluding carboxylic acids is 2. The van der Waals surface area contributed by atoms with Gasteiger partial charge in [-0.25, -0.2) is 0 Å². The molecule has 22 heavy (non-hydrogen) atoms. The molecule has 1 aromatic rings. The summed E-state index contributed by atoms with van der Waals surface area (Å²) < 4.78 is 0. The topological polar surface area (TPSA) is 86.7 Å². The molecule has 0 saturated carbocycles. The van der Waals surface area contributed by atoms with E-state index in [1.807, 2.05) is 19.9 Å². The predicted molar refractivity (Wildman–Crippen MR) is 82.7 cm³/mol. The van der Waals surface area contributed by atoms with E-state index in [0.29, 0.717) is 5.56 Å². The van der Waals surface area contributed by atoms with Crippen molar-refractivity contribution in [3.8, 4) is 0 Å². The van der Waals surface area contributed by atoms with Crippen LogP contribution in [0.15, 0.2) is 18.2 Å². The molecule has 0 aliphatic carbocycles. The molecule has 1 unspecified atom stereocenters. The van der Waals surface area contributed by atoms with Crippen LogP contribution < -0.4 is 5.32 Å². The van der Waals surface area contributed by atoms with Crippen molar-refractivity contribution in [1.82, 2.24) is 10.2 Å². The van der Waals surface area contributed by atoms with Crippen LogP contribution in [0.25, 0.3) is 0 Å². The van der Waals surface area contributed by atoms with Crippen molar-refractivity contribution in [1.29, 1.82) is 0 Å². The lowest BCUT2D eigenvalue weighted by Crippen LogP contribution is -2.40. The zero-order valence-corrected chi connectivity index (χ0v) is 13.3. The highest BCUT2D eigenvalue weighted by Gasteiger charge is 2.18. The van der Waals surface area contributed by atoms with Crippen LogP contribution in [0, 0.1) is 19.8 Å². The Morgan fingerprint density at radius 1 is 1.23 bits per heavy atom. The summed E-state index contributed by atoms with van der Waals surface area (Å²) in [5.41, 5.74) is 2.60. The smallest absolute Gasteiger partial charge is 0.308 e. The van der Waals surface area contributed by atoms with Crippen LogP contribution in [0.3, 0.4) is 0 Å². The maximum atomic E-state index is 12.0. The number of aryl methyl sites for hydroxylation is 2. The maximum Gasteiger partial charge on any atom is 0.308 e. The lowest BCUT2D eigenvalue weighted by Gasteiger charge is -2.19. The highest BCUT2D eigenvalue weighted by Crippen LogP contribution is 2.09. The molecule has 2 amide bonds. The van der Waals surface area contributed by atoms with E-state index in [4.69, 9.17) is 5.11 Å². The molecule has 0 bridgehead atoms. The number of amides is 2. The average Bonchev–Trinajstić information content (AvgIpc) is 2.46. The Labute approximate surface area is 130 Å². The third-order valence-electron chi connectivity index (χ3n) is 3.56. The van der Waals surface area contributed by atoms with Crippen LogP contribution in [0.1, 0.15) is 28.4 Å². The van der Waals surface area contributed by atoms with Gasteiger partial charge in [-0.1, -0.05) is 13.0 Å². The van der Waals surface area contributed by atoms with Crippen LogP contribution in [-0.4, -0.2) is 47.9 Å². The van der Waals surface area contributed by atoms with Crippen LogP contribution in [0.5, 0.6) is 0 Å². The Morgan fingerprint density at radius 2 is 1.86 bits per heavy atom. The number of carboxylic acid groups (broad SMARTS) is 1. The highest BCUT2D eigenvalue weighted by atomic mass is 16.4. The molecular formula is C16H22N2O4. The molecule has 1 aromatic carbocycles. The number of hydrogen-bond donors (Lipinski definition) is 2. The molecule has 0 aromatic heterocycles. The van der Waals surface area contributed by atoms with Gasteiger partial charge >= 0.3 is 5.97 Å². The van der Waals surface area contributed by atoms with E-state index in [1.54, 1.807) is 12.1 Å².